The van der Waals surface area contributed by atoms with Crippen molar-refractivity contribution in [2.75, 3.05) is 38.2 Å². The summed E-state index contributed by atoms with van der Waals surface area (Å²) in [6, 6.07) is 13.2. The maximum atomic E-state index is 13.5. The van der Waals surface area contributed by atoms with E-state index >= 15 is 0 Å². The van der Waals surface area contributed by atoms with Gasteiger partial charge in [-0.25, -0.2) is 8.42 Å². The first-order chi connectivity index (χ1) is 15.3. The molecule has 0 spiro atoms. The molecule has 0 atom stereocenters. The molecular weight excluding hydrogens is 432 g/mol. The highest BCUT2D eigenvalue weighted by Gasteiger charge is 2.32. The summed E-state index contributed by atoms with van der Waals surface area (Å²) in [4.78, 5) is 26.5. The summed E-state index contributed by atoms with van der Waals surface area (Å²) >= 11 is 0. The zero-order chi connectivity index (χ0) is 23.3. The van der Waals surface area contributed by atoms with Crippen LogP contribution in [-0.4, -0.2) is 59.0 Å². The summed E-state index contributed by atoms with van der Waals surface area (Å²) in [6.45, 7) is 2.19. The van der Waals surface area contributed by atoms with Gasteiger partial charge in [-0.1, -0.05) is 18.2 Å². The molecule has 1 heterocycles. The van der Waals surface area contributed by atoms with Gasteiger partial charge >= 0.3 is 5.97 Å². The number of piperidine rings is 1. The molecule has 1 aliphatic heterocycles. The topological polar surface area (TPSA) is 93.2 Å². The van der Waals surface area contributed by atoms with E-state index in [0.29, 0.717) is 42.9 Å². The SMILES string of the molecule is COC(=O)C1CCN(C(=O)CN(c2ccccc2)S(=O)(=O)c2ccc(OC)c(C)c2)CC1. The number of sulfonamides is 1. The second kappa shape index (κ2) is 10.0. The molecule has 0 unspecified atom stereocenters. The summed E-state index contributed by atoms with van der Waals surface area (Å²) in [5, 5.41) is 0. The largest absolute Gasteiger partial charge is 0.496 e. The quantitative estimate of drug-likeness (QED) is 0.590. The Kier molecular flexibility index (Phi) is 7.40. The van der Waals surface area contributed by atoms with E-state index in [0.717, 1.165) is 4.31 Å². The lowest BCUT2D eigenvalue weighted by Gasteiger charge is -2.33. The van der Waals surface area contributed by atoms with E-state index in [4.69, 9.17) is 9.47 Å². The number of rotatable bonds is 7. The maximum Gasteiger partial charge on any atom is 0.308 e. The Labute approximate surface area is 188 Å². The number of hydrogen-bond donors (Lipinski definition) is 0. The van der Waals surface area contributed by atoms with Crippen molar-refractivity contribution in [1.29, 1.82) is 0 Å². The van der Waals surface area contributed by atoms with Gasteiger partial charge in [0.25, 0.3) is 10.0 Å². The average Bonchev–Trinajstić information content (AvgIpc) is 2.82. The highest BCUT2D eigenvalue weighted by molar-refractivity contribution is 7.92. The minimum Gasteiger partial charge on any atom is -0.496 e. The van der Waals surface area contributed by atoms with Crippen LogP contribution in [0.2, 0.25) is 0 Å². The van der Waals surface area contributed by atoms with Crippen molar-refractivity contribution >= 4 is 27.6 Å². The number of anilines is 1. The van der Waals surface area contributed by atoms with Crippen molar-refractivity contribution in [3.63, 3.8) is 0 Å². The summed E-state index contributed by atoms with van der Waals surface area (Å²) in [5.74, 6) is -0.244. The molecule has 1 fully saturated rings. The molecule has 0 aromatic heterocycles. The summed E-state index contributed by atoms with van der Waals surface area (Å²) in [6.07, 6.45) is 0.988. The molecule has 3 rings (SSSR count). The van der Waals surface area contributed by atoms with Crippen LogP contribution in [-0.2, 0) is 24.3 Å². The van der Waals surface area contributed by atoms with Gasteiger partial charge in [0.05, 0.1) is 30.7 Å². The number of likely N-dealkylation sites (tertiary alicyclic amines) is 1. The lowest BCUT2D eigenvalue weighted by Crippen LogP contribution is -2.46. The van der Waals surface area contributed by atoms with Crippen LogP contribution in [0.25, 0.3) is 0 Å². The van der Waals surface area contributed by atoms with Gasteiger partial charge < -0.3 is 14.4 Å². The normalized spacial score (nSPS) is 14.7. The van der Waals surface area contributed by atoms with Crippen LogP contribution in [0.5, 0.6) is 5.75 Å². The fraction of sp³-hybridized carbons (Fsp3) is 0.391. The van der Waals surface area contributed by atoms with Crippen molar-refractivity contribution in [3.8, 4) is 5.75 Å². The van der Waals surface area contributed by atoms with Crippen LogP contribution in [0.3, 0.4) is 0 Å². The molecule has 0 saturated carbocycles. The van der Waals surface area contributed by atoms with Crippen molar-refractivity contribution in [1.82, 2.24) is 4.90 Å². The van der Waals surface area contributed by atoms with Crippen molar-refractivity contribution in [2.45, 2.75) is 24.7 Å². The van der Waals surface area contributed by atoms with Gasteiger partial charge in [-0.05, 0) is 55.7 Å². The van der Waals surface area contributed by atoms with Crippen LogP contribution < -0.4 is 9.04 Å². The molecule has 0 N–H and O–H groups in total. The van der Waals surface area contributed by atoms with Crippen LogP contribution >= 0.6 is 0 Å². The van der Waals surface area contributed by atoms with E-state index in [1.807, 2.05) is 0 Å². The van der Waals surface area contributed by atoms with E-state index in [9.17, 15) is 18.0 Å². The molecule has 9 heteroatoms. The zero-order valence-electron chi connectivity index (χ0n) is 18.5. The van der Waals surface area contributed by atoms with Crippen molar-refractivity contribution in [3.05, 3.63) is 54.1 Å². The number of aryl methyl sites for hydroxylation is 1. The molecule has 1 saturated heterocycles. The smallest absolute Gasteiger partial charge is 0.308 e. The minimum absolute atomic E-state index is 0.0804. The summed E-state index contributed by atoms with van der Waals surface area (Å²) in [7, 11) is -1.13. The average molecular weight is 461 g/mol. The minimum atomic E-state index is -4.01. The van der Waals surface area contributed by atoms with Crippen LogP contribution in [0.4, 0.5) is 5.69 Å². The van der Waals surface area contributed by atoms with Gasteiger partial charge in [-0.3, -0.25) is 13.9 Å². The Morgan fingerprint density at radius 2 is 1.72 bits per heavy atom. The second-order valence-electron chi connectivity index (χ2n) is 7.66. The summed E-state index contributed by atoms with van der Waals surface area (Å²) < 4.78 is 38.2. The highest BCUT2D eigenvalue weighted by Crippen LogP contribution is 2.28. The molecule has 0 bridgehead atoms. The van der Waals surface area contributed by atoms with E-state index in [1.165, 1.54) is 26.4 Å². The predicted molar refractivity (Wildman–Crippen MR) is 120 cm³/mol. The van der Waals surface area contributed by atoms with Crippen molar-refractivity contribution in [2.24, 2.45) is 5.92 Å². The number of esters is 1. The monoisotopic (exact) mass is 460 g/mol. The lowest BCUT2D eigenvalue weighted by molar-refractivity contribution is -0.148. The molecular formula is C23H28N2O6S. The molecule has 1 amide bonds. The third kappa shape index (κ3) is 5.04. The molecule has 2 aromatic rings. The second-order valence-corrected chi connectivity index (χ2v) is 9.52. The Hall–Kier alpha value is -3.07. The fourth-order valence-electron chi connectivity index (χ4n) is 3.80. The third-order valence-corrected chi connectivity index (χ3v) is 7.43. The predicted octanol–water partition coefficient (Wildman–Crippen LogP) is 2.61. The van der Waals surface area contributed by atoms with Gasteiger partial charge in [-0.15, -0.1) is 0 Å². The highest BCUT2D eigenvalue weighted by atomic mass is 32.2. The Balaban J connectivity index is 1.85. The molecule has 0 radical (unpaired) electrons. The van der Waals surface area contributed by atoms with Crippen molar-refractivity contribution < 1.29 is 27.5 Å². The molecule has 172 valence electrons. The molecule has 0 aliphatic carbocycles. The standard InChI is InChI=1S/C23H28N2O6S/c1-17-15-20(9-10-21(17)30-2)32(28,29)25(19-7-5-4-6-8-19)16-22(26)24-13-11-18(12-14-24)23(27)31-3/h4-10,15,18H,11-14,16H2,1-3H3. The fourth-order valence-corrected chi connectivity index (χ4v) is 5.30. The zero-order valence-corrected chi connectivity index (χ0v) is 19.3. The van der Waals surface area contributed by atoms with Crippen LogP contribution in [0.1, 0.15) is 18.4 Å². The maximum absolute atomic E-state index is 13.5. The molecule has 1 aliphatic rings. The van der Waals surface area contributed by atoms with E-state index in [2.05, 4.69) is 0 Å². The van der Waals surface area contributed by atoms with Gasteiger partial charge in [0.2, 0.25) is 5.91 Å². The van der Waals surface area contributed by atoms with E-state index in [1.54, 1.807) is 48.2 Å². The van der Waals surface area contributed by atoms with Gasteiger partial charge in [-0.2, -0.15) is 0 Å². The van der Waals surface area contributed by atoms with Crippen LogP contribution in [0.15, 0.2) is 53.4 Å². The first-order valence-corrected chi connectivity index (χ1v) is 11.8. The number of carbonyl (C=O) groups excluding carboxylic acids is 2. The van der Waals surface area contributed by atoms with Crippen LogP contribution in [0, 0.1) is 12.8 Å². The number of nitrogens with zero attached hydrogens (tertiary/aromatic N) is 2. The number of amides is 1. The number of benzene rings is 2. The number of hydrogen-bond acceptors (Lipinski definition) is 6. The Morgan fingerprint density at radius 3 is 2.28 bits per heavy atom. The number of ether oxygens (including phenoxy) is 2. The number of carbonyl (C=O) groups is 2. The summed E-state index contributed by atoms with van der Waals surface area (Å²) in [5.41, 5.74) is 1.08. The molecule has 2 aromatic carbocycles. The lowest BCUT2D eigenvalue weighted by atomic mass is 9.97. The Bertz CT molecular complexity index is 1060. The van der Waals surface area contributed by atoms with Gasteiger partial charge in [0.15, 0.2) is 0 Å². The number of methoxy groups -OCH3 is 2. The molecule has 32 heavy (non-hydrogen) atoms. The number of para-hydroxylation sites is 1. The first kappa shape index (κ1) is 23.6. The Morgan fingerprint density at radius 1 is 1.06 bits per heavy atom. The van der Waals surface area contributed by atoms with E-state index in [-0.39, 0.29) is 29.2 Å². The van der Waals surface area contributed by atoms with Gasteiger partial charge in [0.1, 0.15) is 12.3 Å². The first-order valence-electron chi connectivity index (χ1n) is 10.4. The third-order valence-electron chi connectivity index (χ3n) is 5.66. The van der Waals surface area contributed by atoms with E-state index < -0.39 is 10.0 Å². The van der Waals surface area contributed by atoms with Gasteiger partial charge in [0, 0.05) is 13.1 Å². The molecule has 8 nitrogen and oxygen atoms in total.